The lowest BCUT2D eigenvalue weighted by molar-refractivity contribution is -0.120. The first kappa shape index (κ1) is 22.3. The summed E-state index contributed by atoms with van der Waals surface area (Å²) in [6, 6.07) is 23.0. The van der Waals surface area contributed by atoms with Gasteiger partial charge in [0.1, 0.15) is 11.4 Å². The molecule has 0 saturated carbocycles. The lowest BCUT2D eigenvalue weighted by atomic mass is 10.0. The van der Waals surface area contributed by atoms with Gasteiger partial charge >= 0.3 is 0 Å². The maximum Gasteiger partial charge on any atom is 0.282 e. The van der Waals surface area contributed by atoms with Crippen LogP contribution in [0.3, 0.4) is 0 Å². The van der Waals surface area contributed by atoms with Crippen molar-refractivity contribution in [3.05, 3.63) is 101 Å². The van der Waals surface area contributed by atoms with Crippen LogP contribution in [0.2, 0.25) is 0 Å². The van der Waals surface area contributed by atoms with Crippen LogP contribution in [0.15, 0.2) is 78.5 Å². The number of carbonyl (C=O) groups is 2. The molecule has 2 amide bonds. The third-order valence-corrected chi connectivity index (χ3v) is 5.95. The number of benzene rings is 3. The number of ether oxygens (including phenoxy) is 1. The number of rotatable bonds is 7. The molecule has 0 aliphatic carbocycles. The normalized spacial score (nSPS) is 13.6. The molecule has 0 radical (unpaired) electrons. The number of anilines is 1. The number of nitrogens with zero attached hydrogens (tertiary/aromatic N) is 2. The zero-order valence-corrected chi connectivity index (χ0v) is 19.5. The molecule has 3 aromatic rings. The first-order chi connectivity index (χ1) is 15.9. The van der Waals surface area contributed by atoms with Crippen LogP contribution in [0.1, 0.15) is 29.2 Å². The summed E-state index contributed by atoms with van der Waals surface area (Å²) in [7, 11) is 1.60. The number of hydrogen-bond acceptors (Lipinski definition) is 4. The lowest BCUT2D eigenvalue weighted by Gasteiger charge is -2.25. The van der Waals surface area contributed by atoms with E-state index in [1.165, 1.54) is 4.90 Å². The van der Waals surface area contributed by atoms with Gasteiger partial charge in [-0.25, -0.2) is 4.90 Å². The Kier molecular flexibility index (Phi) is 6.31. The Morgan fingerprint density at radius 1 is 0.879 bits per heavy atom. The summed E-state index contributed by atoms with van der Waals surface area (Å²) >= 11 is 0. The molecule has 0 unspecified atom stereocenters. The van der Waals surface area contributed by atoms with Crippen LogP contribution in [0, 0.1) is 13.8 Å². The fourth-order valence-electron chi connectivity index (χ4n) is 4.26. The third kappa shape index (κ3) is 4.27. The van der Waals surface area contributed by atoms with Crippen molar-refractivity contribution in [3.8, 4) is 5.75 Å². The average Bonchev–Trinajstić information content (AvgIpc) is 3.08. The first-order valence-electron chi connectivity index (χ1n) is 11.1. The summed E-state index contributed by atoms with van der Waals surface area (Å²) in [5.41, 5.74) is 5.20. The fraction of sp³-hybridized carbons (Fsp3) is 0.214. The quantitative estimate of drug-likeness (QED) is 0.479. The van der Waals surface area contributed by atoms with Crippen LogP contribution in [0.25, 0.3) is 5.57 Å². The van der Waals surface area contributed by atoms with E-state index in [2.05, 4.69) is 0 Å². The predicted octanol–water partition coefficient (Wildman–Crippen LogP) is 5.12. The molecule has 1 aliphatic rings. The summed E-state index contributed by atoms with van der Waals surface area (Å²) in [5.74, 6) is 0.0923. The molecule has 5 heteroatoms. The number of aryl methyl sites for hydroxylation is 2. The molecule has 1 heterocycles. The molecule has 5 nitrogen and oxygen atoms in total. The second-order valence-electron chi connectivity index (χ2n) is 8.19. The Labute approximate surface area is 194 Å². The Morgan fingerprint density at radius 3 is 2.18 bits per heavy atom. The van der Waals surface area contributed by atoms with E-state index in [-0.39, 0.29) is 11.8 Å². The van der Waals surface area contributed by atoms with Crippen LogP contribution in [-0.4, -0.2) is 30.4 Å². The van der Waals surface area contributed by atoms with Crippen molar-refractivity contribution in [2.45, 2.75) is 27.3 Å². The lowest BCUT2D eigenvalue weighted by Crippen LogP contribution is -2.35. The van der Waals surface area contributed by atoms with E-state index in [9.17, 15) is 9.59 Å². The maximum absolute atomic E-state index is 13.8. The van der Waals surface area contributed by atoms with Crippen molar-refractivity contribution >= 4 is 23.1 Å². The van der Waals surface area contributed by atoms with Gasteiger partial charge < -0.3 is 9.64 Å². The summed E-state index contributed by atoms with van der Waals surface area (Å²) < 4.78 is 5.28. The van der Waals surface area contributed by atoms with Crippen molar-refractivity contribution in [2.24, 2.45) is 0 Å². The average molecular weight is 441 g/mol. The van der Waals surface area contributed by atoms with E-state index in [1.54, 1.807) is 7.11 Å². The molecular formula is C28H28N2O3. The second kappa shape index (κ2) is 9.33. The minimum Gasteiger partial charge on any atom is -0.497 e. The number of likely N-dealkylation sites (N-methyl/N-ethyl adjacent to an activating group) is 1. The Balaban J connectivity index is 1.84. The summed E-state index contributed by atoms with van der Waals surface area (Å²) in [5, 5.41) is 0. The van der Waals surface area contributed by atoms with Crippen molar-refractivity contribution in [1.29, 1.82) is 0 Å². The van der Waals surface area contributed by atoms with Gasteiger partial charge in [-0.05, 0) is 55.7 Å². The van der Waals surface area contributed by atoms with Crippen molar-refractivity contribution < 1.29 is 14.3 Å². The maximum atomic E-state index is 13.8. The molecule has 1 aliphatic heterocycles. The highest BCUT2D eigenvalue weighted by molar-refractivity contribution is 6.45. The van der Waals surface area contributed by atoms with Crippen LogP contribution in [0.4, 0.5) is 5.69 Å². The monoisotopic (exact) mass is 440 g/mol. The van der Waals surface area contributed by atoms with Gasteiger partial charge in [0.15, 0.2) is 0 Å². The second-order valence-corrected chi connectivity index (χ2v) is 8.19. The standard InChI is InChI=1S/C28H28N2O3/c1-5-29(18-21-9-7-6-8-10-21)26-25(22-12-14-23(33-4)15-13-22)27(31)30(28(26)32)24-16-11-19(2)17-20(24)3/h6-17H,5,18H2,1-4H3. The van der Waals surface area contributed by atoms with E-state index in [4.69, 9.17) is 4.74 Å². The van der Waals surface area contributed by atoms with Crippen LogP contribution >= 0.6 is 0 Å². The van der Waals surface area contributed by atoms with Gasteiger partial charge in [0.2, 0.25) is 0 Å². The predicted molar refractivity (Wildman–Crippen MR) is 131 cm³/mol. The molecular weight excluding hydrogens is 412 g/mol. The number of carbonyl (C=O) groups excluding carboxylic acids is 2. The largest absolute Gasteiger partial charge is 0.497 e. The number of imide groups is 1. The summed E-state index contributed by atoms with van der Waals surface area (Å²) in [6.45, 7) is 7.04. The topological polar surface area (TPSA) is 49.9 Å². The molecule has 168 valence electrons. The highest BCUT2D eigenvalue weighted by atomic mass is 16.5. The molecule has 0 spiro atoms. The van der Waals surface area contributed by atoms with Gasteiger partial charge in [-0.2, -0.15) is 0 Å². The molecule has 0 N–H and O–H groups in total. The fourth-order valence-corrected chi connectivity index (χ4v) is 4.26. The van der Waals surface area contributed by atoms with E-state index in [0.717, 1.165) is 16.7 Å². The van der Waals surface area contributed by atoms with Crippen LogP contribution in [-0.2, 0) is 16.1 Å². The summed E-state index contributed by atoms with van der Waals surface area (Å²) in [6.07, 6.45) is 0. The zero-order chi connectivity index (χ0) is 23.5. The van der Waals surface area contributed by atoms with Crippen LogP contribution in [0.5, 0.6) is 5.75 Å². The highest BCUT2D eigenvalue weighted by Crippen LogP contribution is 2.37. The first-order valence-corrected chi connectivity index (χ1v) is 11.1. The van der Waals surface area contributed by atoms with Gasteiger partial charge in [-0.3, -0.25) is 9.59 Å². The molecule has 33 heavy (non-hydrogen) atoms. The Bertz CT molecular complexity index is 1210. The molecule has 0 fully saturated rings. The Morgan fingerprint density at radius 2 is 1.58 bits per heavy atom. The van der Waals surface area contributed by atoms with Crippen molar-refractivity contribution in [1.82, 2.24) is 4.90 Å². The zero-order valence-electron chi connectivity index (χ0n) is 19.5. The van der Waals surface area contributed by atoms with Gasteiger partial charge in [0, 0.05) is 13.1 Å². The van der Waals surface area contributed by atoms with E-state index < -0.39 is 0 Å². The molecule has 4 rings (SSSR count). The smallest absolute Gasteiger partial charge is 0.282 e. The molecule has 0 atom stereocenters. The van der Waals surface area contributed by atoms with Gasteiger partial charge in [-0.15, -0.1) is 0 Å². The minimum absolute atomic E-state index is 0.296. The number of hydrogen-bond donors (Lipinski definition) is 0. The Hall–Kier alpha value is -3.86. The highest BCUT2D eigenvalue weighted by Gasteiger charge is 2.42. The van der Waals surface area contributed by atoms with E-state index in [1.807, 2.05) is 98.5 Å². The van der Waals surface area contributed by atoms with E-state index in [0.29, 0.717) is 41.4 Å². The van der Waals surface area contributed by atoms with E-state index >= 15 is 0 Å². The number of methoxy groups -OCH3 is 1. The molecule has 0 aromatic heterocycles. The van der Waals surface area contributed by atoms with Gasteiger partial charge in [0.25, 0.3) is 11.8 Å². The SMILES string of the molecule is CCN(Cc1ccccc1)C1=C(c2ccc(OC)cc2)C(=O)N(c2ccc(C)cc2C)C1=O. The molecule has 3 aromatic carbocycles. The minimum atomic E-state index is -0.307. The van der Waals surface area contributed by atoms with Gasteiger partial charge in [0.05, 0.1) is 18.4 Å². The summed E-state index contributed by atoms with van der Waals surface area (Å²) in [4.78, 5) is 30.9. The number of amides is 2. The van der Waals surface area contributed by atoms with Crippen LogP contribution < -0.4 is 9.64 Å². The van der Waals surface area contributed by atoms with Crippen molar-refractivity contribution in [3.63, 3.8) is 0 Å². The van der Waals surface area contributed by atoms with Crippen molar-refractivity contribution in [2.75, 3.05) is 18.6 Å². The van der Waals surface area contributed by atoms with Gasteiger partial charge in [-0.1, -0.05) is 60.2 Å². The molecule has 0 bridgehead atoms. The third-order valence-electron chi connectivity index (χ3n) is 5.95. The molecule has 0 saturated heterocycles.